The summed E-state index contributed by atoms with van der Waals surface area (Å²) in [6, 6.07) is 4.02. The zero-order chi connectivity index (χ0) is 19.1. The molecule has 27 heavy (non-hydrogen) atoms. The first kappa shape index (κ1) is 23.5. The van der Waals surface area contributed by atoms with Crippen molar-refractivity contribution in [3.05, 3.63) is 39.3 Å². The van der Waals surface area contributed by atoms with Crippen molar-refractivity contribution in [1.29, 1.82) is 0 Å². The van der Waals surface area contributed by atoms with Crippen molar-refractivity contribution in [3.8, 4) is 11.5 Å². The molecule has 0 unspecified atom stereocenters. The highest BCUT2D eigenvalue weighted by Crippen LogP contribution is 2.30. The van der Waals surface area contributed by atoms with Gasteiger partial charge in [-0.05, 0) is 36.6 Å². The van der Waals surface area contributed by atoms with Crippen molar-refractivity contribution in [2.24, 2.45) is 4.99 Å². The largest absolute Gasteiger partial charge is 0.493 e. The highest BCUT2D eigenvalue weighted by Gasteiger charge is 2.13. The normalized spacial score (nSPS) is 11.0. The number of thiazole rings is 1. The maximum atomic E-state index is 5.42. The Balaban J connectivity index is 0.00000364. The molecule has 6 nitrogen and oxygen atoms in total. The van der Waals surface area contributed by atoms with Gasteiger partial charge in [0.1, 0.15) is 5.01 Å². The van der Waals surface area contributed by atoms with Gasteiger partial charge < -0.3 is 19.7 Å². The number of aliphatic imine (C=N–C) groups is 1. The van der Waals surface area contributed by atoms with Crippen LogP contribution in [0, 0.1) is 6.92 Å². The molecule has 150 valence electrons. The SMILES string of the molecule is CCc1cnc(CNC(=NC)N(C)Cc2cc(OC)c(OC)cc2C)s1.I. The van der Waals surface area contributed by atoms with Gasteiger partial charge >= 0.3 is 0 Å². The van der Waals surface area contributed by atoms with Crippen LogP contribution in [0.2, 0.25) is 0 Å². The van der Waals surface area contributed by atoms with Crippen LogP contribution in [0.3, 0.4) is 0 Å². The fourth-order valence-electron chi connectivity index (χ4n) is 2.66. The molecule has 0 bridgehead atoms. The van der Waals surface area contributed by atoms with Crippen molar-refractivity contribution in [2.75, 3.05) is 28.3 Å². The lowest BCUT2D eigenvalue weighted by Gasteiger charge is -2.23. The lowest BCUT2D eigenvalue weighted by molar-refractivity contribution is 0.353. The summed E-state index contributed by atoms with van der Waals surface area (Å²) in [6.07, 6.45) is 2.96. The van der Waals surface area contributed by atoms with Gasteiger partial charge in [0, 0.05) is 31.7 Å². The third kappa shape index (κ3) is 6.24. The fourth-order valence-corrected chi connectivity index (χ4v) is 3.46. The summed E-state index contributed by atoms with van der Waals surface area (Å²) in [4.78, 5) is 12.2. The standard InChI is InChI=1S/C19H28N4O2S.HI/c1-7-15-10-21-18(26-15)11-22-19(20-3)23(4)12-14-9-17(25-6)16(24-5)8-13(14)2;/h8-10H,7,11-12H2,1-6H3,(H,20,22);1H. The van der Waals surface area contributed by atoms with Crippen LogP contribution in [-0.4, -0.2) is 44.2 Å². The third-order valence-corrected chi connectivity index (χ3v) is 5.31. The van der Waals surface area contributed by atoms with Gasteiger partial charge in [0.2, 0.25) is 0 Å². The summed E-state index contributed by atoms with van der Waals surface area (Å²) in [6.45, 7) is 5.60. The molecule has 1 aromatic heterocycles. The monoisotopic (exact) mass is 504 g/mol. The molecule has 0 saturated heterocycles. The first-order valence-electron chi connectivity index (χ1n) is 8.59. The maximum Gasteiger partial charge on any atom is 0.194 e. The maximum absolute atomic E-state index is 5.42. The summed E-state index contributed by atoms with van der Waals surface area (Å²) in [5.41, 5.74) is 2.31. The van der Waals surface area contributed by atoms with Gasteiger partial charge in [-0.15, -0.1) is 35.3 Å². The molecule has 0 amide bonds. The molecule has 0 spiro atoms. The zero-order valence-electron chi connectivity index (χ0n) is 16.8. The molecule has 0 atom stereocenters. The second-order valence-electron chi connectivity index (χ2n) is 5.96. The number of hydrogen-bond donors (Lipinski definition) is 1. The number of nitrogens with one attached hydrogen (secondary N) is 1. The lowest BCUT2D eigenvalue weighted by atomic mass is 10.1. The van der Waals surface area contributed by atoms with E-state index in [1.165, 1.54) is 4.88 Å². The second-order valence-corrected chi connectivity index (χ2v) is 7.16. The number of hydrogen-bond acceptors (Lipinski definition) is 5. The molecule has 0 aliphatic rings. The topological polar surface area (TPSA) is 59.0 Å². The van der Waals surface area contributed by atoms with E-state index in [2.05, 4.69) is 34.0 Å². The van der Waals surface area contributed by atoms with Crippen LogP contribution >= 0.6 is 35.3 Å². The Morgan fingerprint density at radius 1 is 1.26 bits per heavy atom. The first-order chi connectivity index (χ1) is 12.5. The quantitative estimate of drug-likeness (QED) is 0.353. The van der Waals surface area contributed by atoms with Crippen LogP contribution in [0.25, 0.3) is 0 Å². The molecule has 1 heterocycles. The van der Waals surface area contributed by atoms with Gasteiger partial charge in [0.15, 0.2) is 17.5 Å². The smallest absolute Gasteiger partial charge is 0.194 e. The molecule has 2 rings (SSSR count). The summed E-state index contributed by atoms with van der Waals surface area (Å²) in [7, 11) is 7.11. The highest BCUT2D eigenvalue weighted by molar-refractivity contribution is 14.0. The summed E-state index contributed by atoms with van der Waals surface area (Å²) < 4.78 is 10.8. The van der Waals surface area contributed by atoms with Crippen LogP contribution in [0.5, 0.6) is 11.5 Å². The Labute approximate surface area is 183 Å². The Morgan fingerprint density at radius 3 is 2.48 bits per heavy atom. The number of benzene rings is 1. The van der Waals surface area contributed by atoms with E-state index < -0.39 is 0 Å². The molecule has 1 N–H and O–H groups in total. The molecule has 0 aliphatic carbocycles. The number of aryl methyl sites for hydroxylation is 2. The Morgan fingerprint density at radius 2 is 1.93 bits per heavy atom. The van der Waals surface area contributed by atoms with Gasteiger partial charge in [0.25, 0.3) is 0 Å². The molecule has 2 aromatic rings. The predicted octanol–water partition coefficient (Wildman–Crippen LogP) is 3.86. The number of guanidine groups is 1. The van der Waals surface area contributed by atoms with Crippen molar-refractivity contribution in [2.45, 2.75) is 33.4 Å². The van der Waals surface area contributed by atoms with Gasteiger partial charge in [0.05, 0.1) is 20.8 Å². The molecule has 0 radical (unpaired) electrons. The van der Waals surface area contributed by atoms with E-state index in [0.717, 1.165) is 40.0 Å². The molecule has 8 heteroatoms. The lowest BCUT2D eigenvalue weighted by Crippen LogP contribution is -2.38. The van der Waals surface area contributed by atoms with Gasteiger partial charge in [-0.2, -0.15) is 0 Å². The summed E-state index contributed by atoms with van der Waals surface area (Å²) >= 11 is 1.73. The van der Waals surface area contributed by atoms with Crippen molar-refractivity contribution < 1.29 is 9.47 Å². The number of aromatic nitrogens is 1. The van der Waals surface area contributed by atoms with Gasteiger partial charge in [-0.3, -0.25) is 4.99 Å². The second kappa shape index (κ2) is 11.3. The number of rotatable bonds is 7. The van der Waals surface area contributed by atoms with E-state index in [4.69, 9.17) is 9.47 Å². The summed E-state index contributed by atoms with van der Waals surface area (Å²) in [5, 5.41) is 4.45. The van der Waals surface area contributed by atoms with Crippen LogP contribution in [0.15, 0.2) is 23.3 Å². The molecule has 1 aromatic carbocycles. The molecular formula is C19H29IN4O2S. The minimum absolute atomic E-state index is 0. The van der Waals surface area contributed by atoms with E-state index in [9.17, 15) is 0 Å². The number of halogens is 1. The first-order valence-corrected chi connectivity index (χ1v) is 9.40. The van der Waals surface area contributed by atoms with E-state index >= 15 is 0 Å². The van der Waals surface area contributed by atoms with Crippen LogP contribution in [0.1, 0.15) is 27.9 Å². The molecule has 0 saturated carbocycles. The number of methoxy groups -OCH3 is 2. The third-order valence-electron chi connectivity index (χ3n) is 4.17. The fraction of sp³-hybridized carbons (Fsp3) is 0.474. The average Bonchev–Trinajstić information content (AvgIpc) is 3.11. The highest BCUT2D eigenvalue weighted by atomic mass is 127. The molecular weight excluding hydrogens is 475 g/mol. The average molecular weight is 504 g/mol. The van der Waals surface area contributed by atoms with E-state index in [1.54, 1.807) is 32.6 Å². The van der Waals surface area contributed by atoms with Crippen molar-refractivity contribution in [1.82, 2.24) is 15.2 Å². The van der Waals surface area contributed by atoms with Crippen LogP contribution in [-0.2, 0) is 19.5 Å². The predicted molar refractivity (Wildman–Crippen MR) is 123 cm³/mol. The summed E-state index contributed by atoms with van der Waals surface area (Å²) in [5.74, 6) is 2.31. The van der Waals surface area contributed by atoms with Crippen molar-refractivity contribution >= 4 is 41.3 Å². The number of nitrogens with zero attached hydrogens (tertiary/aromatic N) is 3. The van der Waals surface area contributed by atoms with E-state index in [0.29, 0.717) is 13.1 Å². The van der Waals surface area contributed by atoms with Crippen LogP contribution < -0.4 is 14.8 Å². The van der Waals surface area contributed by atoms with Gasteiger partial charge in [-0.25, -0.2) is 4.98 Å². The minimum Gasteiger partial charge on any atom is -0.493 e. The van der Waals surface area contributed by atoms with Gasteiger partial charge in [-0.1, -0.05) is 6.92 Å². The Kier molecular flexibility index (Phi) is 9.86. The molecule has 0 aliphatic heterocycles. The van der Waals surface area contributed by atoms with E-state index in [1.807, 2.05) is 25.4 Å². The van der Waals surface area contributed by atoms with Crippen LogP contribution in [0.4, 0.5) is 0 Å². The Bertz CT molecular complexity index is 764. The minimum atomic E-state index is 0. The number of ether oxygens (including phenoxy) is 2. The Hall–Kier alpha value is -1.55. The van der Waals surface area contributed by atoms with E-state index in [-0.39, 0.29) is 24.0 Å². The zero-order valence-corrected chi connectivity index (χ0v) is 20.0. The van der Waals surface area contributed by atoms with Crippen molar-refractivity contribution in [3.63, 3.8) is 0 Å². The molecule has 0 fully saturated rings.